The SMILES string of the molecule is CC1CCC(CNC(=O)c2ccccc2N)CC1.Cl. The van der Waals surface area contributed by atoms with Crippen molar-refractivity contribution >= 4 is 24.0 Å². The molecule has 1 amide bonds. The topological polar surface area (TPSA) is 55.1 Å². The van der Waals surface area contributed by atoms with Gasteiger partial charge < -0.3 is 11.1 Å². The Morgan fingerprint density at radius 2 is 1.89 bits per heavy atom. The van der Waals surface area contributed by atoms with E-state index in [4.69, 9.17) is 5.73 Å². The second kappa shape index (κ2) is 7.39. The summed E-state index contributed by atoms with van der Waals surface area (Å²) in [6, 6.07) is 7.22. The molecule has 0 saturated heterocycles. The maximum atomic E-state index is 12.0. The average Bonchev–Trinajstić information content (AvgIpc) is 2.38. The Hall–Kier alpha value is -1.22. The van der Waals surface area contributed by atoms with Crippen molar-refractivity contribution in [1.82, 2.24) is 5.32 Å². The lowest BCUT2D eigenvalue weighted by molar-refractivity contribution is 0.0943. The second-order valence-electron chi connectivity index (χ2n) is 5.42. The number of benzene rings is 1. The summed E-state index contributed by atoms with van der Waals surface area (Å²) in [7, 11) is 0. The Morgan fingerprint density at radius 1 is 1.26 bits per heavy atom. The van der Waals surface area contributed by atoms with E-state index in [2.05, 4.69) is 12.2 Å². The first-order chi connectivity index (χ1) is 8.66. The summed E-state index contributed by atoms with van der Waals surface area (Å²) < 4.78 is 0. The van der Waals surface area contributed by atoms with Gasteiger partial charge in [0.2, 0.25) is 0 Å². The van der Waals surface area contributed by atoms with E-state index in [1.807, 2.05) is 12.1 Å². The van der Waals surface area contributed by atoms with Crippen LogP contribution in [0.3, 0.4) is 0 Å². The average molecular weight is 283 g/mol. The Labute approximate surface area is 121 Å². The lowest BCUT2D eigenvalue weighted by Gasteiger charge is -2.26. The van der Waals surface area contributed by atoms with Crippen molar-refractivity contribution in [3.05, 3.63) is 29.8 Å². The lowest BCUT2D eigenvalue weighted by atomic mass is 9.83. The summed E-state index contributed by atoms with van der Waals surface area (Å²) in [6.45, 7) is 3.08. The van der Waals surface area contributed by atoms with Gasteiger partial charge in [0.1, 0.15) is 0 Å². The number of carbonyl (C=O) groups is 1. The number of carbonyl (C=O) groups excluding carboxylic acids is 1. The molecule has 19 heavy (non-hydrogen) atoms. The van der Waals surface area contributed by atoms with Crippen molar-refractivity contribution in [2.45, 2.75) is 32.6 Å². The van der Waals surface area contributed by atoms with E-state index in [0.29, 0.717) is 17.2 Å². The van der Waals surface area contributed by atoms with Crippen molar-refractivity contribution in [2.75, 3.05) is 12.3 Å². The van der Waals surface area contributed by atoms with Crippen molar-refractivity contribution in [2.24, 2.45) is 11.8 Å². The van der Waals surface area contributed by atoms with Gasteiger partial charge in [-0.2, -0.15) is 0 Å². The van der Waals surface area contributed by atoms with Gasteiger partial charge in [-0.05, 0) is 36.8 Å². The van der Waals surface area contributed by atoms with Crippen LogP contribution in [0.4, 0.5) is 5.69 Å². The highest BCUT2D eigenvalue weighted by Crippen LogP contribution is 2.27. The molecule has 0 radical (unpaired) electrons. The van der Waals surface area contributed by atoms with Gasteiger partial charge in [0.05, 0.1) is 5.56 Å². The number of rotatable bonds is 3. The number of nitrogens with one attached hydrogen (secondary N) is 1. The summed E-state index contributed by atoms with van der Waals surface area (Å²) in [4.78, 5) is 12.0. The lowest BCUT2D eigenvalue weighted by Crippen LogP contribution is -2.31. The predicted molar refractivity (Wildman–Crippen MR) is 81.6 cm³/mol. The number of nitrogens with two attached hydrogens (primary N) is 1. The molecule has 1 aliphatic carbocycles. The number of amides is 1. The summed E-state index contributed by atoms with van der Waals surface area (Å²) in [5.41, 5.74) is 6.92. The van der Waals surface area contributed by atoms with Crippen LogP contribution in [0.15, 0.2) is 24.3 Å². The van der Waals surface area contributed by atoms with Crippen LogP contribution in [0.25, 0.3) is 0 Å². The summed E-state index contributed by atoms with van der Waals surface area (Å²) in [5.74, 6) is 1.43. The fourth-order valence-electron chi connectivity index (χ4n) is 2.57. The van der Waals surface area contributed by atoms with E-state index in [1.165, 1.54) is 25.7 Å². The number of hydrogen-bond acceptors (Lipinski definition) is 2. The van der Waals surface area contributed by atoms with E-state index in [1.54, 1.807) is 12.1 Å². The van der Waals surface area contributed by atoms with E-state index < -0.39 is 0 Å². The first kappa shape index (κ1) is 15.8. The molecule has 2 rings (SSSR count). The number of halogens is 1. The zero-order valence-corrected chi connectivity index (χ0v) is 12.2. The molecule has 3 N–H and O–H groups in total. The first-order valence-electron chi connectivity index (χ1n) is 6.79. The third-order valence-corrected chi connectivity index (χ3v) is 3.89. The maximum Gasteiger partial charge on any atom is 0.253 e. The van der Waals surface area contributed by atoms with Gasteiger partial charge >= 0.3 is 0 Å². The molecule has 1 fully saturated rings. The Bertz CT molecular complexity index is 414. The molecule has 1 aliphatic rings. The van der Waals surface area contributed by atoms with Crippen LogP contribution < -0.4 is 11.1 Å². The Balaban J connectivity index is 0.00000180. The normalized spacial score (nSPS) is 22.4. The van der Waals surface area contributed by atoms with Gasteiger partial charge in [-0.25, -0.2) is 0 Å². The molecule has 0 spiro atoms. The Morgan fingerprint density at radius 3 is 2.53 bits per heavy atom. The molecule has 3 nitrogen and oxygen atoms in total. The fraction of sp³-hybridized carbons (Fsp3) is 0.533. The van der Waals surface area contributed by atoms with E-state index >= 15 is 0 Å². The standard InChI is InChI=1S/C15H22N2O.ClH/c1-11-6-8-12(9-7-11)10-17-15(18)13-4-2-3-5-14(13)16;/h2-5,11-12H,6-10,16H2,1H3,(H,17,18);1H. The van der Waals surface area contributed by atoms with E-state index in [-0.39, 0.29) is 18.3 Å². The van der Waals surface area contributed by atoms with Crippen LogP contribution in [0.2, 0.25) is 0 Å². The first-order valence-corrected chi connectivity index (χ1v) is 6.79. The molecule has 0 aromatic heterocycles. The molecule has 106 valence electrons. The minimum atomic E-state index is -0.0493. The molecule has 0 aliphatic heterocycles. The van der Waals surface area contributed by atoms with Crippen LogP contribution in [-0.4, -0.2) is 12.5 Å². The fourth-order valence-corrected chi connectivity index (χ4v) is 2.57. The van der Waals surface area contributed by atoms with Gasteiger partial charge in [-0.1, -0.05) is 31.9 Å². The minimum Gasteiger partial charge on any atom is -0.398 e. The third-order valence-electron chi connectivity index (χ3n) is 3.89. The number of hydrogen-bond donors (Lipinski definition) is 2. The van der Waals surface area contributed by atoms with Crippen LogP contribution in [0, 0.1) is 11.8 Å². The molecular formula is C15H23ClN2O. The molecule has 0 heterocycles. The van der Waals surface area contributed by atoms with Crippen LogP contribution in [-0.2, 0) is 0 Å². The van der Waals surface area contributed by atoms with Gasteiger partial charge in [0.25, 0.3) is 5.91 Å². The predicted octanol–water partition coefficient (Wildman–Crippen LogP) is 3.25. The largest absolute Gasteiger partial charge is 0.398 e. The van der Waals surface area contributed by atoms with Gasteiger partial charge in [0, 0.05) is 12.2 Å². The summed E-state index contributed by atoms with van der Waals surface area (Å²) in [6.07, 6.45) is 5.03. The molecule has 1 saturated carbocycles. The smallest absolute Gasteiger partial charge is 0.253 e. The van der Waals surface area contributed by atoms with Crippen LogP contribution >= 0.6 is 12.4 Å². The molecule has 4 heteroatoms. The van der Waals surface area contributed by atoms with Gasteiger partial charge in [0.15, 0.2) is 0 Å². The highest BCUT2D eigenvalue weighted by molar-refractivity contribution is 5.99. The molecule has 0 bridgehead atoms. The molecule has 0 unspecified atom stereocenters. The number of nitrogen functional groups attached to an aromatic ring is 1. The van der Waals surface area contributed by atoms with Crippen molar-refractivity contribution in [3.8, 4) is 0 Å². The zero-order chi connectivity index (χ0) is 13.0. The van der Waals surface area contributed by atoms with Crippen molar-refractivity contribution < 1.29 is 4.79 Å². The number of anilines is 1. The van der Waals surface area contributed by atoms with E-state index in [9.17, 15) is 4.79 Å². The van der Waals surface area contributed by atoms with Crippen molar-refractivity contribution in [3.63, 3.8) is 0 Å². The second-order valence-corrected chi connectivity index (χ2v) is 5.42. The molecule has 1 aromatic carbocycles. The molecule has 0 atom stereocenters. The number of para-hydroxylation sites is 1. The highest BCUT2D eigenvalue weighted by atomic mass is 35.5. The minimum absolute atomic E-state index is 0. The van der Waals surface area contributed by atoms with Crippen molar-refractivity contribution in [1.29, 1.82) is 0 Å². The van der Waals surface area contributed by atoms with Crippen LogP contribution in [0.5, 0.6) is 0 Å². The highest BCUT2D eigenvalue weighted by Gasteiger charge is 2.19. The third kappa shape index (κ3) is 4.43. The monoisotopic (exact) mass is 282 g/mol. The van der Waals surface area contributed by atoms with Gasteiger partial charge in [-0.3, -0.25) is 4.79 Å². The van der Waals surface area contributed by atoms with Crippen LogP contribution in [0.1, 0.15) is 43.0 Å². The Kier molecular flexibility index (Phi) is 6.16. The zero-order valence-electron chi connectivity index (χ0n) is 11.4. The maximum absolute atomic E-state index is 12.0. The van der Waals surface area contributed by atoms with E-state index in [0.717, 1.165) is 12.5 Å². The molecular weight excluding hydrogens is 260 g/mol. The quantitative estimate of drug-likeness (QED) is 0.836. The van der Waals surface area contributed by atoms with Gasteiger partial charge in [-0.15, -0.1) is 12.4 Å². The summed E-state index contributed by atoms with van der Waals surface area (Å²) >= 11 is 0. The molecule has 1 aromatic rings. The summed E-state index contributed by atoms with van der Waals surface area (Å²) in [5, 5.41) is 3.01.